The lowest BCUT2D eigenvalue weighted by atomic mass is 9.95. The minimum absolute atomic E-state index is 0.0489. The molecule has 0 unspecified atom stereocenters. The zero-order chi connectivity index (χ0) is 24.9. The molecule has 0 spiro atoms. The second kappa shape index (κ2) is 11.2. The van der Waals surface area contributed by atoms with Crippen molar-refractivity contribution in [1.82, 2.24) is 19.7 Å². The number of benzene rings is 2. The molecule has 1 aromatic heterocycles. The first-order chi connectivity index (χ1) is 17.6. The predicted octanol–water partition coefficient (Wildman–Crippen LogP) is 4.17. The lowest BCUT2D eigenvalue weighted by molar-refractivity contribution is -0.127. The van der Waals surface area contributed by atoms with Crippen molar-refractivity contribution in [3.8, 4) is 0 Å². The number of hydrogen-bond acceptors (Lipinski definition) is 3. The Labute approximate surface area is 212 Å². The third-order valence-corrected chi connectivity index (χ3v) is 7.55. The van der Waals surface area contributed by atoms with E-state index in [-0.39, 0.29) is 23.5 Å². The smallest absolute Gasteiger partial charge is 0.223 e. The van der Waals surface area contributed by atoms with E-state index in [9.17, 15) is 14.0 Å². The van der Waals surface area contributed by atoms with Crippen molar-refractivity contribution in [3.63, 3.8) is 0 Å². The molecule has 0 aliphatic carbocycles. The topological polar surface area (TPSA) is 57.6 Å². The molecule has 6 nitrogen and oxygen atoms in total. The van der Waals surface area contributed by atoms with E-state index in [1.807, 2.05) is 23.1 Å². The van der Waals surface area contributed by atoms with Crippen LogP contribution < -0.4 is 5.32 Å². The Kier molecular flexibility index (Phi) is 7.66. The van der Waals surface area contributed by atoms with Gasteiger partial charge in [0.15, 0.2) is 0 Å². The SMILES string of the molecule is O=C(NCCCN1CCCC1=O)C1CCN(Cc2cc3ccccc3n2Cc2cccc(F)c2)CC1. The fourth-order valence-corrected chi connectivity index (χ4v) is 5.55. The number of piperidine rings is 1. The monoisotopic (exact) mass is 490 g/mol. The molecule has 2 saturated heterocycles. The normalized spacial score (nSPS) is 17.2. The Bertz CT molecular complexity index is 1210. The van der Waals surface area contributed by atoms with Crippen LogP contribution >= 0.6 is 0 Å². The number of nitrogens with zero attached hydrogens (tertiary/aromatic N) is 3. The van der Waals surface area contributed by atoms with Gasteiger partial charge in [0.2, 0.25) is 11.8 Å². The molecular formula is C29H35FN4O2. The summed E-state index contributed by atoms with van der Waals surface area (Å²) < 4.78 is 16.1. The van der Waals surface area contributed by atoms with Crippen LogP contribution in [-0.2, 0) is 22.7 Å². The Balaban J connectivity index is 1.15. The van der Waals surface area contributed by atoms with Gasteiger partial charge in [-0.3, -0.25) is 14.5 Å². The fraction of sp³-hybridized carbons (Fsp3) is 0.448. The summed E-state index contributed by atoms with van der Waals surface area (Å²) in [5.41, 5.74) is 3.31. The summed E-state index contributed by atoms with van der Waals surface area (Å²) in [6.45, 7) is 5.41. The van der Waals surface area contributed by atoms with Crippen molar-refractivity contribution >= 4 is 22.7 Å². The second-order valence-electron chi connectivity index (χ2n) is 10.1. The van der Waals surface area contributed by atoms with E-state index in [1.165, 1.54) is 17.1 Å². The minimum atomic E-state index is -0.213. The van der Waals surface area contributed by atoms with Crippen molar-refractivity contribution in [3.05, 3.63) is 71.7 Å². The Morgan fingerprint density at radius 3 is 2.61 bits per heavy atom. The molecule has 2 aliphatic rings. The van der Waals surface area contributed by atoms with Crippen LogP contribution in [0.3, 0.4) is 0 Å². The molecule has 7 heteroatoms. The van der Waals surface area contributed by atoms with Gasteiger partial charge in [-0.2, -0.15) is 0 Å². The first-order valence-electron chi connectivity index (χ1n) is 13.2. The Morgan fingerprint density at radius 1 is 1.00 bits per heavy atom. The van der Waals surface area contributed by atoms with Crippen LogP contribution in [0.15, 0.2) is 54.6 Å². The molecule has 0 radical (unpaired) electrons. The maximum absolute atomic E-state index is 13.8. The quantitative estimate of drug-likeness (QED) is 0.458. The van der Waals surface area contributed by atoms with E-state index < -0.39 is 0 Å². The van der Waals surface area contributed by atoms with Crippen LogP contribution in [0.25, 0.3) is 10.9 Å². The first kappa shape index (κ1) is 24.5. The van der Waals surface area contributed by atoms with Crippen LogP contribution in [0, 0.1) is 11.7 Å². The Hall–Kier alpha value is -3.19. The molecule has 2 fully saturated rings. The maximum Gasteiger partial charge on any atom is 0.223 e. The van der Waals surface area contributed by atoms with Gasteiger partial charge in [-0.1, -0.05) is 30.3 Å². The summed E-state index contributed by atoms with van der Waals surface area (Å²) in [6, 6.07) is 17.4. The second-order valence-corrected chi connectivity index (χ2v) is 10.1. The number of fused-ring (bicyclic) bond motifs is 1. The molecule has 2 aliphatic heterocycles. The van der Waals surface area contributed by atoms with Crippen molar-refractivity contribution in [2.24, 2.45) is 5.92 Å². The van der Waals surface area contributed by atoms with Gasteiger partial charge in [0, 0.05) is 56.3 Å². The number of likely N-dealkylation sites (tertiary alicyclic amines) is 2. The van der Waals surface area contributed by atoms with Gasteiger partial charge in [0.05, 0.1) is 0 Å². The third-order valence-electron chi connectivity index (χ3n) is 7.55. The highest BCUT2D eigenvalue weighted by Crippen LogP contribution is 2.25. The van der Waals surface area contributed by atoms with Crippen LogP contribution in [0.4, 0.5) is 4.39 Å². The van der Waals surface area contributed by atoms with Crippen LogP contribution in [0.1, 0.15) is 43.4 Å². The number of halogens is 1. The summed E-state index contributed by atoms with van der Waals surface area (Å²) >= 11 is 0. The predicted molar refractivity (Wildman–Crippen MR) is 139 cm³/mol. The number of carbonyl (C=O) groups is 2. The van der Waals surface area contributed by atoms with Gasteiger partial charge in [0.1, 0.15) is 5.82 Å². The van der Waals surface area contributed by atoms with Crippen LogP contribution in [-0.4, -0.2) is 58.9 Å². The van der Waals surface area contributed by atoms with Gasteiger partial charge >= 0.3 is 0 Å². The zero-order valence-corrected chi connectivity index (χ0v) is 20.8. The summed E-state index contributed by atoms with van der Waals surface area (Å²) in [7, 11) is 0. The molecule has 3 heterocycles. The number of amides is 2. The van der Waals surface area contributed by atoms with E-state index in [0.717, 1.165) is 69.5 Å². The number of nitrogens with one attached hydrogen (secondary N) is 1. The van der Waals surface area contributed by atoms with E-state index in [0.29, 0.717) is 19.5 Å². The van der Waals surface area contributed by atoms with Crippen molar-refractivity contribution in [2.75, 3.05) is 32.7 Å². The number of carbonyl (C=O) groups excluding carboxylic acids is 2. The average molecular weight is 491 g/mol. The first-order valence-corrected chi connectivity index (χ1v) is 13.2. The van der Waals surface area contributed by atoms with Gasteiger partial charge in [-0.05, 0) is 74.0 Å². The molecular weight excluding hydrogens is 455 g/mol. The lowest BCUT2D eigenvalue weighted by Gasteiger charge is -2.31. The molecule has 2 amide bonds. The van der Waals surface area contributed by atoms with Gasteiger partial charge < -0.3 is 14.8 Å². The number of rotatable bonds is 9. The van der Waals surface area contributed by atoms with Gasteiger partial charge in [-0.25, -0.2) is 4.39 Å². The van der Waals surface area contributed by atoms with E-state index in [4.69, 9.17) is 0 Å². The van der Waals surface area contributed by atoms with Crippen molar-refractivity contribution in [2.45, 2.75) is 45.2 Å². The molecule has 36 heavy (non-hydrogen) atoms. The van der Waals surface area contributed by atoms with Crippen LogP contribution in [0.2, 0.25) is 0 Å². The van der Waals surface area contributed by atoms with E-state index >= 15 is 0 Å². The highest BCUT2D eigenvalue weighted by Gasteiger charge is 2.26. The molecule has 2 aromatic carbocycles. The molecule has 190 valence electrons. The van der Waals surface area contributed by atoms with Gasteiger partial charge in [0.25, 0.3) is 0 Å². The average Bonchev–Trinajstić information content (AvgIpc) is 3.45. The van der Waals surface area contributed by atoms with Crippen molar-refractivity contribution in [1.29, 1.82) is 0 Å². The zero-order valence-electron chi connectivity index (χ0n) is 20.8. The third kappa shape index (κ3) is 5.78. The highest BCUT2D eigenvalue weighted by molar-refractivity contribution is 5.81. The highest BCUT2D eigenvalue weighted by atomic mass is 19.1. The fourth-order valence-electron chi connectivity index (χ4n) is 5.55. The lowest BCUT2D eigenvalue weighted by Crippen LogP contribution is -2.41. The summed E-state index contributed by atoms with van der Waals surface area (Å²) in [6.07, 6.45) is 4.12. The van der Waals surface area contributed by atoms with E-state index in [1.54, 1.807) is 12.1 Å². The minimum Gasteiger partial charge on any atom is -0.356 e. The summed E-state index contributed by atoms with van der Waals surface area (Å²) in [5.74, 6) is 0.217. The Morgan fingerprint density at radius 2 is 1.83 bits per heavy atom. The van der Waals surface area contributed by atoms with Crippen LogP contribution in [0.5, 0.6) is 0 Å². The summed E-state index contributed by atoms with van der Waals surface area (Å²) in [4.78, 5) is 28.7. The molecule has 5 rings (SSSR count). The molecule has 3 aromatic rings. The molecule has 0 saturated carbocycles. The van der Waals surface area contributed by atoms with E-state index in [2.05, 4.69) is 33.0 Å². The molecule has 1 N–H and O–H groups in total. The number of para-hydroxylation sites is 1. The molecule has 0 atom stereocenters. The maximum atomic E-state index is 13.8. The van der Waals surface area contributed by atoms with Crippen molar-refractivity contribution < 1.29 is 14.0 Å². The van der Waals surface area contributed by atoms with Gasteiger partial charge in [-0.15, -0.1) is 0 Å². The standard InChI is InChI=1S/C29H35FN4O2/c30-25-8-3-6-22(18-25)20-34-26(19-24-7-1-2-9-27(24)34)21-32-16-11-23(12-17-32)29(36)31-13-5-15-33-14-4-10-28(33)35/h1-3,6-9,18-19,23H,4-5,10-17,20-21H2,(H,31,36). The summed E-state index contributed by atoms with van der Waals surface area (Å²) in [5, 5.41) is 4.27. The number of aromatic nitrogens is 1. The number of hydrogen-bond donors (Lipinski definition) is 1. The molecule has 0 bridgehead atoms. The largest absolute Gasteiger partial charge is 0.356 e.